The van der Waals surface area contributed by atoms with E-state index in [9.17, 15) is 10.1 Å². The molecule has 6 nitrogen and oxygen atoms in total. The molecule has 1 fully saturated rings. The van der Waals surface area contributed by atoms with Crippen LogP contribution in [0.2, 0.25) is 0 Å². The largest absolute Gasteiger partial charge is 0.318 e. The molecule has 0 radical (unpaired) electrons. The fraction of sp³-hybridized carbons (Fsp3) is 0.357. The number of aromatic nitrogens is 1. The van der Waals surface area contributed by atoms with Crippen LogP contribution in [0.15, 0.2) is 30.6 Å². The van der Waals surface area contributed by atoms with Gasteiger partial charge in [-0.05, 0) is 25.0 Å². The molecule has 1 aliphatic heterocycles. The second-order valence-electron chi connectivity index (χ2n) is 4.97. The maximum atomic E-state index is 11.1. The Labute approximate surface area is 116 Å². The first-order chi connectivity index (χ1) is 9.75. The van der Waals surface area contributed by atoms with Crippen LogP contribution in [0.25, 0.3) is 10.8 Å². The number of nitrogens with one attached hydrogen (secondary N) is 1. The van der Waals surface area contributed by atoms with E-state index in [1.165, 1.54) is 25.3 Å². The summed E-state index contributed by atoms with van der Waals surface area (Å²) in [6.45, 7) is 2.01. The lowest BCUT2D eigenvalue weighted by atomic mass is 10.1. The topological polar surface area (TPSA) is 71.3 Å². The average Bonchev–Trinajstić information content (AvgIpc) is 2.48. The maximum absolute atomic E-state index is 11.1. The molecule has 0 atom stereocenters. The summed E-state index contributed by atoms with van der Waals surface area (Å²) in [5.74, 6) is 0. The molecule has 2 heterocycles. The quantitative estimate of drug-likeness (QED) is 0.687. The minimum absolute atomic E-state index is 0.0947. The van der Waals surface area contributed by atoms with Gasteiger partial charge < -0.3 is 5.43 Å². The Kier molecular flexibility index (Phi) is 3.47. The molecule has 1 saturated heterocycles. The highest BCUT2D eigenvalue weighted by atomic mass is 16.6. The van der Waals surface area contributed by atoms with Crippen molar-refractivity contribution in [1.82, 2.24) is 9.99 Å². The van der Waals surface area contributed by atoms with Crippen molar-refractivity contribution in [2.24, 2.45) is 0 Å². The van der Waals surface area contributed by atoms with Crippen molar-refractivity contribution in [3.63, 3.8) is 0 Å². The first-order valence-electron chi connectivity index (χ1n) is 6.78. The van der Waals surface area contributed by atoms with E-state index in [-0.39, 0.29) is 10.6 Å². The monoisotopic (exact) mass is 272 g/mol. The Morgan fingerprint density at radius 2 is 1.95 bits per heavy atom. The number of hydrazine groups is 1. The van der Waals surface area contributed by atoms with E-state index >= 15 is 0 Å². The molecule has 20 heavy (non-hydrogen) atoms. The van der Waals surface area contributed by atoms with E-state index in [0.717, 1.165) is 24.2 Å². The summed E-state index contributed by atoms with van der Waals surface area (Å²) >= 11 is 0. The lowest BCUT2D eigenvalue weighted by Crippen LogP contribution is -2.34. The lowest BCUT2D eigenvalue weighted by Gasteiger charge is -2.28. The van der Waals surface area contributed by atoms with E-state index in [1.807, 2.05) is 6.07 Å². The molecule has 1 aliphatic rings. The fourth-order valence-corrected chi connectivity index (χ4v) is 2.61. The summed E-state index contributed by atoms with van der Waals surface area (Å²) < 4.78 is 0. The van der Waals surface area contributed by atoms with Gasteiger partial charge in [0.15, 0.2) is 0 Å². The highest BCUT2D eigenvalue weighted by Crippen LogP contribution is 2.31. The molecule has 1 aromatic carbocycles. The number of nitro benzene ring substituents is 1. The van der Waals surface area contributed by atoms with Gasteiger partial charge in [0, 0.05) is 36.9 Å². The van der Waals surface area contributed by atoms with Gasteiger partial charge >= 0.3 is 0 Å². The number of nitrogens with zero attached hydrogens (tertiary/aromatic N) is 3. The van der Waals surface area contributed by atoms with Crippen LogP contribution in [0.3, 0.4) is 0 Å². The summed E-state index contributed by atoms with van der Waals surface area (Å²) in [6.07, 6.45) is 6.84. The van der Waals surface area contributed by atoms with Crippen molar-refractivity contribution in [1.29, 1.82) is 0 Å². The highest BCUT2D eigenvalue weighted by molar-refractivity contribution is 5.98. The average molecular weight is 272 g/mol. The van der Waals surface area contributed by atoms with Crippen molar-refractivity contribution in [2.45, 2.75) is 19.3 Å². The van der Waals surface area contributed by atoms with Gasteiger partial charge in [0.25, 0.3) is 5.69 Å². The third-order valence-electron chi connectivity index (χ3n) is 3.63. The number of benzene rings is 1. The van der Waals surface area contributed by atoms with Crippen LogP contribution in [0.1, 0.15) is 19.3 Å². The number of anilines is 1. The minimum atomic E-state index is -0.366. The molecule has 2 aromatic rings. The molecule has 1 N–H and O–H groups in total. The predicted octanol–water partition coefficient (Wildman–Crippen LogP) is 2.96. The van der Waals surface area contributed by atoms with Crippen molar-refractivity contribution in [2.75, 3.05) is 18.5 Å². The van der Waals surface area contributed by atoms with Crippen LogP contribution in [0.4, 0.5) is 11.4 Å². The normalized spacial score (nSPS) is 16.2. The van der Waals surface area contributed by atoms with E-state index in [2.05, 4.69) is 15.4 Å². The van der Waals surface area contributed by atoms with Gasteiger partial charge in [-0.3, -0.25) is 15.1 Å². The zero-order valence-electron chi connectivity index (χ0n) is 11.1. The number of hydrogen-bond acceptors (Lipinski definition) is 5. The predicted molar refractivity (Wildman–Crippen MR) is 77.4 cm³/mol. The van der Waals surface area contributed by atoms with Gasteiger partial charge in [0.2, 0.25) is 0 Å². The molecule has 0 unspecified atom stereocenters. The lowest BCUT2D eigenvalue weighted by molar-refractivity contribution is -0.383. The second-order valence-corrected chi connectivity index (χ2v) is 4.97. The Balaban J connectivity index is 1.99. The number of piperidine rings is 1. The smallest absolute Gasteiger partial charge is 0.278 e. The number of hydrogen-bond donors (Lipinski definition) is 1. The van der Waals surface area contributed by atoms with Crippen LogP contribution >= 0.6 is 0 Å². The molecule has 6 heteroatoms. The number of non-ortho nitro benzene ring substituents is 1. The Morgan fingerprint density at radius 1 is 1.15 bits per heavy atom. The standard InChI is InChI=1S/C14H16N4O2/c19-18(20)14-5-4-13(11-6-7-15-10-12(11)14)16-17-8-2-1-3-9-17/h4-7,10,16H,1-3,8-9H2. The summed E-state index contributed by atoms with van der Waals surface area (Å²) in [5, 5.41) is 14.6. The van der Waals surface area contributed by atoms with E-state index < -0.39 is 0 Å². The fourth-order valence-electron chi connectivity index (χ4n) is 2.61. The van der Waals surface area contributed by atoms with Crippen molar-refractivity contribution < 1.29 is 4.92 Å². The Morgan fingerprint density at radius 3 is 2.70 bits per heavy atom. The van der Waals surface area contributed by atoms with E-state index in [1.54, 1.807) is 18.5 Å². The molecule has 0 spiro atoms. The molecule has 3 rings (SSSR count). The first kappa shape index (κ1) is 12.8. The highest BCUT2D eigenvalue weighted by Gasteiger charge is 2.16. The third kappa shape index (κ3) is 2.42. The van der Waals surface area contributed by atoms with Crippen LogP contribution in [-0.4, -0.2) is 28.0 Å². The first-order valence-corrected chi connectivity index (χ1v) is 6.78. The summed E-state index contributed by atoms with van der Waals surface area (Å²) in [7, 11) is 0. The summed E-state index contributed by atoms with van der Waals surface area (Å²) in [6, 6.07) is 5.12. The third-order valence-corrected chi connectivity index (χ3v) is 3.63. The molecule has 104 valence electrons. The van der Waals surface area contributed by atoms with E-state index in [4.69, 9.17) is 0 Å². The maximum Gasteiger partial charge on any atom is 0.278 e. The molecule has 0 saturated carbocycles. The van der Waals surface area contributed by atoms with Crippen LogP contribution in [0.5, 0.6) is 0 Å². The van der Waals surface area contributed by atoms with Gasteiger partial charge in [-0.15, -0.1) is 0 Å². The van der Waals surface area contributed by atoms with Crippen LogP contribution < -0.4 is 5.43 Å². The van der Waals surface area contributed by atoms with E-state index in [0.29, 0.717) is 5.39 Å². The second kappa shape index (κ2) is 5.42. The van der Waals surface area contributed by atoms with Gasteiger partial charge in [-0.1, -0.05) is 6.42 Å². The number of pyridine rings is 1. The molecule has 0 bridgehead atoms. The molecule has 1 aromatic heterocycles. The Bertz CT molecular complexity index is 638. The minimum Gasteiger partial charge on any atom is -0.318 e. The molecule has 0 amide bonds. The zero-order valence-corrected chi connectivity index (χ0v) is 11.1. The zero-order chi connectivity index (χ0) is 13.9. The van der Waals surface area contributed by atoms with Gasteiger partial charge in [-0.2, -0.15) is 0 Å². The Hall–Kier alpha value is -2.21. The van der Waals surface area contributed by atoms with Crippen molar-refractivity contribution >= 4 is 22.1 Å². The van der Waals surface area contributed by atoms with Crippen molar-refractivity contribution in [3.8, 4) is 0 Å². The van der Waals surface area contributed by atoms with Crippen molar-refractivity contribution in [3.05, 3.63) is 40.7 Å². The summed E-state index contributed by atoms with van der Waals surface area (Å²) in [4.78, 5) is 14.7. The van der Waals surface area contributed by atoms with Gasteiger partial charge in [-0.25, -0.2) is 5.01 Å². The van der Waals surface area contributed by atoms with Gasteiger partial charge in [0.1, 0.15) is 0 Å². The molecular formula is C14H16N4O2. The number of rotatable bonds is 3. The SMILES string of the molecule is O=[N+]([O-])c1ccc(NN2CCCCC2)c2ccncc12. The van der Waals surface area contributed by atoms with Gasteiger partial charge in [0.05, 0.1) is 16.0 Å². The molecule has 0 aliphatic carbocycles. The van der Waals surface area contributed by atoms with Crippen LogP contribution in [-0.2, 0) is 0 Å². The summed E-state index contributed by atoms with van der Waals surface area (Å²) in [5.41, 5.74) is 4.37. The molecular weight excluding hydrogens is 256 g/mol. The number of nitro groups is 1. The van der Waals surface area contributed by atoms with Crippen LogP contribution in [0, 0.1) is 10.1 Å². The number of fused-ring (bicyclic) bond motifs is 1.